The van der Waals surface area contributed by atoms with E-state index in [1.807, 2.05) is 18.2 Å². The summed E-state index contributed by atoms with van der Waals surface area (Å²) in [7, 11) is 0. The van der Waals surface area contributed by atoms with Gasteiger partial charge in [0, 0.05) is 10.6 Å². The van der Waals surface area contributed by atoms with Crippen LogP contribution in [0.25, 0.3) is 22.1 Å². The van der Waals surface area contributed by atoms with E-state index in [4.69, 9.17) is 16.0 Å². The maximum absolute atomic E-state index is 13.1. The molecule has 0 radical (unpaired) electrons. The molecule has 1 atom stereocenters. The van der Waals surface area contributed by atoms with Gasteiger partial charge in [0.05, 0.1) is 23.1 Å². The van der Waals surface area contributed by atoms with Gasteiger partial charge in [-0.05, 0) is 36.8 Å². The van der Waals surface area contributed by atoms with Crippen molar-refractivity contribution in [2.75, 3.05) is 6.54 Å². The molecule has 4 rings (SSSR count). The minimum Gasteiger partial charge on any atom is -0.507 e. The maximum atomic E-state index is 13.1. The number of benzene rings is 3. The summed E-state index contributed by atoms with van der Waals surface area (Å²) in [4.78, 5) is 14.4. The van der Waals surface area contributed by atoms with E-state index in [1.54, 1.807) is 36.4 Å². The third kappa shape index (κ3) is 4.11. The summed E-state index contributed by atoms with van der Waals surface area (Å²) >= 11 is 5.96. The van der Waals surface area contributed by atoms with Gasteiger partial charge in [0.1, 0.15) is 30.7 Å². The first kappa shape index (κ1) is 20.2. The Balaban J connectivity index is 1.73. The molecule has 152 valence electrons. The summed E-state index contributed by atoms with van der Waals surface area (Å²) in [6.07, 6.45) is 1.47. The normalized spacial score (nSPS) is 12.2. The molecule has 30 heavy (non-hydrogen) atoms. The Morgan fingerprint density at radius 1 is 0.967 bits per heavy atom. The zero-order chi connectivity index (χ0) is 21.1. The van der Waals surface area contributed by atoms with Crippen molar-refractivity contribution in [3.8, 4) is 16.9 Å². The predicted octanol–water partition coefficient (Wildman–Crippen LogP) is 4.42. The van der Waals surface area contributed by atoms with Gasteiger partial charge < -0.3 is 14.4 Å². The average molecular weight is 421 g/mol. The first-order valence-electron chi connectivity index (χ1n) is 9.96. The van der Waals surface area contributed by atoms with Crippen molar-refractivity contribution in [3.05, 3.63) is 99.4 Å². The van der Waals surface area contributed by atoms with Gasteiger partial charge in [-0.15, -0.1) is 0 Å². The zero-order valence-electron chi connectivity index (χ0n) is 16.7. The number of aromatic hydroxyl groups is 1. The van der Waals surface area contributed by atoms with Gasteiger partial charge in [0.15, 0.2) is 0 Å². The van der Waals surface area contributed by atoms with E-state index in [0.717, 1.165) is 18.7 Å². The Hall–Kier alpha value is -3.08. The first-order chi connectivity index (χ1) is 14.6. The van der Waals surface area contributed by atoms with Crippen LogP contribution in [0.4, 0.5) is 0 Å². The minimum atomic E-state index is -0.124. The van der Waals surface area contributed by atoms with E-state index in [1.165, 1.54) is 16.7 Å². The van der Waals surface area contributed by atoms with E-state index in [0.29, 0.717) is 33.7 Å². The number of hydrogen-bond donors (Lipinski definition) is 2. The topological polar surface area (TPSA) is 54.9 Å². The van der Waals surface area contributed by atoms with E-state index in [9.17, 15) is 9.90 Å². The molecule has 0 bridgehead atoms. The monoisotopic (exact) mass is 420 g/mol. The summed E-state index contributed by atoms with van der Waals surface area (Å²) in [6, 6.07) is 20.5. The van der Waals surface area contributed by atoms with Crippen molar-refractivity contribution in [3.63, 3.8) is 0 Å². The summed E-state index contributed by atoms with van der Waals surface area (Å²) in [5, 5.41) is 11.6. The molecule has 0 aliphatic carbocycles. The third-order valence-electron chi connectivity index (χ3n) is 5.40. The number of phenols is 1. The lowest BCUT2D eigenvalue weighted by Gasteiger charge is -2.19. The van der Waals surface area contributed by atoms with Crippen LogP contribution in [-0.4, -0.2) is 11.7 Å². The van der Waals surface area contributed by atoms with E-state index in [-0.39, 0.29) is 11.2 Å². The highest BCUT2D eigenvalue weighted by molar-refractivity contribution is 6.30. The van der Waals surface area contributed by atoms with Crippen LogP contribution in [-0.2, 0) is 13.1 Å². The zero-order valence-corrected chi connectivity index (χ0v) is 17.4. The van der Waals surface area contributed by atoms with Crippen molar-refractivity contribution < 1.29 is 14.4 Å². The van der Waals surface area contributed by atoms with Crippen LogP contribution in [0.1, 0.15) is 18.1 Å². The highest BCUT2D eigenvalue weighted by Gasteiger charge is 2.19. The molecule has 0 aliphatic heterocycles. The molecule has 3 aromatic carbocycles. The molecule has 4 aromatic rings. The Kier molecular flexibility index (Phi) is 5.88. The van der Waals surface area contributed by atoms with Gasteiger partial charge in [-0.1, -0.05) is 54.1 Å². The molecule has 0 amide bonds. The first-order valence-corrected chi connectivity index (χ1v) is 10.3. The molecule has 0 aliphatic rings. The Labute approximate surface area is 180 Å². The number of quaternary nitrogens is 1. The fourth-order valence-electron chi connectivity index (χ4n) is 3.69. The predicted molar refractivity (Wildman–Crippen MR) is 120 cm³/mol. The molecular weight excluding hydrogens is 398 g/mol. The second-order valence-electron chi connectivity index (χ2n) is 7.37. The molecule has 5 heteroatoms. The molecule has 1 heterocycles. The number of hydrogen-bond acceptors (Lipinski definition) is 3. The van der Waals surface area contributed by atoms with Gasteiger partial charge in [-0.3, -0.25) is 4.79 Å². The van der Waals surface area contributed by atoms with Crippen LogP contribution in [0, 0.1) is 0 Å². The summed E-state index contributed by atoms with van der Waals surface area (Å²) in [6.45, 7) is 4.35. The largest absolute Gasteiger partial charge is 0.507 e. The van der Waals surface area contributed by atoms with Gasteiger partial charge in [-0.2, -0.15) is 0 Å². The highest BCUT2D eigenvalue weighted by Crippen LogP contribution is 2.28. The van der Waals surface area contributed by atoms with Crippen LogP contribution in [0.15, 0.2) is 82.2 Å². The van der Waals surface area contributed by atoms with Crippen LogP contribution in [0.3, 0.4) is 0 Å². The Bertz CT molecular complexity index is 1220. The molecule has 1 unspecified atom stereocenters. The van der Waals surface area contributed by atoms with Crippen LogP contribution < -0.4 is 10.3 Å². The fraction of sp³-hybridized carbons (Fsp3) is 0.160. The van der Waals surface area contributed by atoms with Crippen molar-refractivity contribution >= 4 is 22.6 Å². The van der Waals surface area contributed by atoms with Gasteiger partial charge in [0.25, 0.3) is 0 Å². The molecule has 0 fully saturated rings. The van der Waals surface area contributed by atoms with Crippen LogP contribution >= 0.6 is 11.6 Å². The van der Waals surface area contributed by atoms with Crippen molar-refractivity contribution in [2.24, 2.45) is 0 Å². The Morgan fingerprint density at radius 2 is 1.70 bits per heavy atom. The van der Waals surface area contributed by atoms with Gasteiger partial charge >= 0.3 is 0 Å². The van der Waals surface area contributed by atoms with E-state index < -0.39 is 0 Å². The maximum Gasteiger partial charge on any atom is 0.200 e. The molecule has 1 aromatic heterocycles. The molecule has 4 nitrogen and oxygen atoms in total. The van der Waals surface area contributed by atoms with E-state index in [2.05, 4.69) is 19.1 Å². The standard InChI is InChI=1S/C25H22ClNO3/c1-2-27(14-17-6-4-3-5-7-17)15-21-23(28)13-12-20-24(29)22(16-30-25(20)21)18-8-10-19(26)11-9-18/h3-13,16,28H,2,14-15H2,1H3/p+1. The number of nitrogens with one attached hydrogen (secondary N) is 1. The number of halogens is 1. The Morgan fingerprint density at radius 3 is 2.40 bits per heavy atom. The van der Waals surface area contributed by atoms with Crippen LogP contribution in [0.2, 0.25) is 5.02 Å². The van der Waals surface area contributed by atoms with Crippen molar-refractivity contribution in [1.29, 1.82) is 0 Å². The molecule has 0 saturated carbocycles. The van der Waals surface area contributed by atoms with Gasteiger partial charge in [-0.25, -0.2) is 0 Å². The molecule has 0 saturated heterocycles. The smallest absolute Gasteiger partial charge is 0.200 e. The number of fused-ring (bicyclic) bond motifs is 1. The second kappa shape index (κ2) is 8.74. The third-order valence-corrected chi connectivity index (χ3v) is 5.65. The van der Waals surface area contributed by atoms with Crippen LogP contribution in [0.5, 0.6) is 5.75 Å². The molecular formula is C25H23ClNO3+. The summed E-state index contributed by atoms with van der Waals surface area (Å²) in [5.41, 5.74) is 3.41. The van der Waals surface area contributed by atoms with Gasteiger partial charge in [0.2, 0.25) is 5.43 Å². The lowest BCUT2D eigenvalue weighted by molar-refractivity contribution is -0.925. The molecule has 2 N–H and O–H groups in total. The summed E-state index contributed by atoms with van der Waals surface area (Å²) < 4.78 is 5.91. The van der Waals surface area contributed by atoms with Crippen molar-refractivity contribution in [1.82, 2.24) is 0 Å². The lowest BCUT2D eigenvalue weighted by atomic mass is 10.0. The fourth-order valence-corrected chi connectivity index (χ4v) is 3.82. The lowest BCUT2D eigenvalue weighted by Crippen LogP contribution is -3.09. The summed E-state index contributed by atoms with van der Waals surface area (Å²) in [5.74, 6) is 0.143. The van der Waals surface area contributed by atoms with E-state index >= 15 is 0 Å². The number of phenolic OH excluding ortho intramolecular Hbond substituents is 1. The average Bonchev–Trinajstić information content (AvgIpc) is 2.76. The number of rotatable bonds is 6. The highest BCUT2D eigenvalue weighted by atomic mass is 35.5. The van der Waals surface area contributed by atoms with Crippen molar-refractivity contribution in [2.45, 2.75) is 20.0 Å². The molecule has 0 spiro atoms. The quantitative estimate of drug-likeness (QED) is 0.485. The second-order valence-corrected chi connectivity index (χ2v) is 7.80. The SMILES string of the molecule is CC[NH+](Cc1ccccc1)Cc1c(O)ccc2c(=O)c(-c3ccc(Cl)cc3)coc12. The minimum absolute atomic E-state index is 0.124.